The molecule has 0 radical (unpaired) electrons. The number of nitrogens with two attached hydrogens (primary N) is 1. The van der Waals surface area contributed by atoms with Crippen LogP contribution in [0.2, 0.25) is 0 Å². The van der Waals surface area contributed by atoms with Crippen LogP contribution >= 0.6 is 0 Å². The lowest BCUT2D eigenvalue weighted by molar-refractivity contribution is -0.139. The second-order valence-corrected chi connectivity index (χ2v) is 12.7. The number of rotatable bonds is 32. The van der Waals surface area contributed by atoms with Gasteiger partial charge in [-0.2, -0.15) is 0 Å². The third kappa shape index (κ3) is 24.0. The van der Waals surface area contributed by atoms with Crippen LogP contribution in [0.25, 0.3) is 0 Å². The number of carbonyl (C=O) groups is 6. The maximum atomic E-state index is 13.1. The summed E-state index contributed by atoms with van der Waals surface area (Å²) in [4.78, 5) is 74.3. The molecule has 0 aliphatic heterocycles. The van der Waals surface area contributed by atoms with Crippen molar-refractivity contribution in [3.63, 3.8) is 0 Å². The Bertz CT molecular complexity index is 914. The summed E-state index contributed by atoms with van der Waals surface area (Å²) in [6.07, 6.45) is 16.5. The van der Waals surface area contributed by atoms with E-state index in [4.69, 9.17) is 10.8 Å². The van der Waals surface area contributed by atoms with Crippen molar-refractivity contribution in [2.45, 2.75) is 148 Å². The van der Waals surface area contributed by atoms with E-state index in [9.17, 15) is 33.9 Å². The molecule has 12 nitrogen and oxygen atoms in total. The fraction of sp³-hybridized carbons (Fsp3) is 0.829. The number of hydrogen-bond donors (Lipinski definition) is 6. The lowest BCUT2D eigenvalue weighted by atomic mass is 9.91. The molecule has 0 aromatic carbocycles. The van der Waals surface area contributed by atoms with Gasteiger partial charge in [0.2, 0.25) is 17.7 Å². The quantitative estimate of drug-likeness (QED) is 0.0573. The number of aliphatic hydroxyl groups is 1. The van der Waals surface area contributed by atoms with E-state index >= 15 is 0 Å². The van der Waals surface area contributed by atoms with Gasteiger partial charge in [-0.15, -0.1) is 0 Å². The predicted octanol–water partition coefficient (Wildman–Crippen LogP) is 3.95. The minimum absolute atomic E-state index is 0.204. The molecule has 0 aliphatic carbocycles. The van der Waals surface area contributed by atoms with Gasteiger partial charge in [0, 0.05) is 38.6 Å². The highest BCUT2D eigenvalue weighted by Gasteiger charge is 2.30. The van der Waals surface area contributed by atoms with Crippen LogP contribution in [-0.2, 0) is 28.8 Å². The lowest BCUT2D eigenvalue weighted by Crippen LogP contribution is -2.46. The highest BCUT2D eigenvalue weighted by atomic mass is 16.4. The Kier molecular flexibility index (Phi) is 27.5. The molecule has 3 amide bonds. The molecule has 0 unspecified atom stereocenters. The van der Waals surface area contributed by atoms with Crippen LogP contribution in [0.3, 0.4) is 0 Å². The van der Waals surface area contributed by atoms with Crippen LogP contribution in [0, 0.1) is 11.8 Å². The molecule has 0 rings (SSSR count). The Labute approximate surface area is 282 Å². The molecule has 0 saturated heterocycles. The smallest absolute Gasteiger partial charge is 0.303 e. The molecule has 7 N–H and O–H groups in total. The van der Waals surface area contributed by atoms with E-state index in [0.717, 1.165) is 25.7 Å². The van der Waals surface area contributed by atoms with Crippen molar-refractivity contribution in [2.24, 2.45) is 17.6 Å². The topological polar surface area (TPSA) is 205 Å². The first kappa shape index (κ1) is 44.1. The van der Waals surface area contributed by atoms with Gasteiger partial charge in [-0.05, 0) is 32.2 Å². The van der Waals surface area contributed by atoms with E-state index in [2.05, 4.69) is 22.9 Å². The average Bonchev–Trinajstić information content (AvgIpc) is 3.05. The van der Waals surface area contributed by atoms with E-state index in [1.165, 1.54) is 64.8 Å². The predicted molar refractivity (Wildman–Crippen MR) is 182 cm³/mol. The largest absolute Gasteiger partial charge is 0.481 e. The minimum Gasteiger partial charge on any atom is -0.481 e. The van der Waals surface area contributed by atoms with Crippen LogP contribution in [0.4, 0.5) is 0 Å². The molecule has 12 heteroatoms. The standard InChI is InChI=1S/C35H64N4O8/c1-3-4-5-6-7-8-9-10-11-12-13-14-15-19-32(43)38-25-29(41)23-28(26-40)35(47)39-30(20-21-33(44)45)31(42)24-27(34(46)37-2)18-16-17-22-36/h27-28,30,40H,3-26,36H2,1-2H3,(H,37,46)(H,38,43)(H,39,47)(H,44,45)/t27-,28+,30+/m1/s1. The van der Waals surface area contributed by atoms with Crippen molar-refractivity contribution < 1.29 is 39.0 Å². The second-order valence-electron chi connectivity index (χ2n) is 12.7. The van der Waals surface area contributed by atoms with E-state index < -0.39 is 54.3 Å². The molecule has 272 valence electrons. The maximum absolute atomic E-state index is 13.1. The first-order valence-electron chi connectivity index (χ1n) is 17.9. The van der Waals surface area contributed by atoms with E-state index in [1.54, 1.807) is 0 Å². The van der Waals surface area contributed by atoms with E-state index in [-0.39, 0.29) is 37.6 Å². The summed E-state index contributed by atoms with van der Waals surface area (Å²) in [5, 5.41) is 26.5. The normalized spacial score (nSPS) is 12.9. The zero-order chi connectivity index (χ0) is 35.3. The summed E-state index contributed by atoms with van der Waals surface area (Å²) in [6.45, 7) is 1.72. The molecule has 0 fully saturated rings. The number of carbonyl (C=O) groups excluding carboxylic acids is 5. The summed E-state index contributed by atoms with van der Waals surface area (Å²) in [5.41, 5.74) is 5.53. The van der Waals surface area contributed by atoms with Crippen molar-refractivity contribution in [3.05, 3.63) is 0 Å². The number of carboxylic acid groups (broad SMARTS) is 1. The molecule has 0 bridgehead atoms. The number of Topliss-reactive ketones (excluding diaryl/α,β-unsaturated/α-hetero) is 2. The van der Waals surface area contributed by atoms with Crippen molar-refractivity contribution in [2.75, 3.05) is 26.7 Å². The van der Waals surface area contributed by atoms with Crippen LogP contribution in [-0.4, -0.2) is 78.3 Å². The van der Waals surface area contributed by atoms with Crippen LogP contribution < -0.4 is 21.7 Å². The van der Waals surface area contributed by atoms with Gasteiger partial charge in [0.05, 0.1) is 25.1 Å². The zero-order valence-electron chi connectivity index (χ0n) is 29.1. The summed E-state index contributed by atoms with van der Waals surface area (Å²) in [5.74, 6) is -5.33. The van der Waals surface area contributed by atoms with Crippen molar-refractivity contribution in [1.29, 1.82) is 0 Å². The van der Waals surface area contributed by atoms with Gasteiger partial charge in [0.1, 0.15) is 0 Å². The Morgan fingerprint density at radius 3 is 1.77 bits per heavy atom. The number of aliphatic carboxylic acids is 1. The molecular weight excluding hydrogens is 604 g/mol. The fourth-order valence-corrected chi connectivity index (χ4v) is 5.50. The number of carboxylic acids is 1. The summed E-state index contributed by atoms with van der Waals surface area (Å²) in [7, 11) is 1.46. The average molecular weight is 669 g/mol. The Balaban J connectivity index is 4.59. The van der Waals surface area contributed by atoms with Crippen molar-refractivity contribution in [3.8, 4) is 0 Å². The molecule has 0 heterocycles. The van der Waals surface area contributed by atoms with Gasteiger partial charge in [-0.3, -0.25) is 28.8 Å². The first-order chi connectivity index (χ1) is 22.6. The number of hydrogen-bond acceptors (Lipinski definition) is 8. The molecule has 0 aromatic rings. The van der Waals surface area contributed by atoms with E-state index in [0.29, 0.717) is 32.2 Å². The van der Waals surface area contributed by atoms with Crippen LogP contribution in [0.1, 0.15) is 142 Å². The maximum Gasteiger partial charge on any atom is 0.303 e. The van der Waals surface area contributed by atoms with Gasteiger partial charge in [0.15, 0.2) is 11.6 Å². The monoisotopic (exact) mass is 668 g/mol. The molecular formula is C35H64N4O8. The highest BCUT2D eigenvalue weighted by molar-refractivity contribution is 5.94. The van der Waals surface area contributed by atoms with Gasteiger partial charge < -0.3 is 31.9 Å². The van der Waals surface area contributed by atoms with Gasteiger partial charge in [-0.1, -0.05) is 90.4 Å². The molecule has 47 heavy (non-hydrogen) atoms. The summed E-state index contributed by atoms with van der Waals surface area (Å²) >= 11 is 0. The highest BCUT2D eigenvalue weighted by Crippen LogP contribution is 2.17. The third-order valence-electron chi connectivity index (χ3n) is 8.48. The zero-order valence-corrected chi connectivity index (χ0v) is 29.1. The third-order valence-corrected chi connectivity index (χ3v) is 8.48. The second kappa shape index (κ2) is 29.3. The molecule has 3 atom stereocenters. The van der Waals surface area contributed by atoms with Crippen LogP contribution in [0.15, 0.2) is 0 Å². The van der Waals surface area contributed by atoms with Gasteiger partial charge in [0.25, 0.3) is 0 Å². The first-order valence-corrected chi connectivity index (χ1v) is 17.9. The molecule has 0 spiro atoms. The number of unbranched alkanes of at least 4 members (excludes halogenated alkanes) is 13. The number of aliphatic hydroxyl groups excluding tert-OH is 1. The SMILES string of the molecule is CCCCCCCCCCCCCCCC(=O)NCC(=O)C[C@@H](CO)C(=O)N[C@@H](CCC(=O)O)C(=O)C[C@@H](CCCCN)C(=O)NC. The summed E-state index contributed by atoms with van der Waals surface area (Å²) < 4.78 is 0. The molecule has 0 aliphatic rings. The Hall–Kier alpha value is -2.86. The lowest BCUT2D eigenvalue weighted by Gasteiger charge is -2.22. The molecule has 0 saturated carbocycles. The number of nitrogens with one attached hydrogen (secondary N) is 3. The van der Waals surface area contributed by atoms with Gasteiger partial charge >= 0.3 is 5.97 Å². The molecule has 0 aromatic heterocycles. The minimum atomic E-state index is -1.20. The summed E-state index contributed by atoms with van der Waals surface area (Å²) in [6, 6.07) is -1.20. The Morgan fingerprint density at radius 2 is 1.26 bits per heavy atom. The van der Waals surface area contributed by atoms with Crippen molar-refractivity contribution >= 4 is 35.3 Å². The fourth-order valence-electron chi connectivity index (χ4n) is 5.50. The number of amides is 3. The van der Waals surface area contributed by atoms with Crippen molar-refractivity contribution in [1.82, 2.24) is 16.0 Å². The van der Waals surface area contributed by atoms with Crippen LogP contribution in [0.5, 0.6) is 0 Å². The Morgan fingerprint density at radius 1 is 0.681 bits per heavy atom. The number of ketones is 2. The van der Waals surface area contributed by atoms with Gasteiger partial charge in [-0.25, -0.2) is 0 Å². The van der Waals surface area contributed by atoms with E-state index in [1.807, 2.05) is 0 Å².